The Balaban J connectivity index is 0.00000196. The Morgan fingerprint density at radius 3 is 2.07 bits per heavy atom. The van der Waals surface area contributed by atoms with Crippen LogP contribution >= 0.6 is 31.1 Å². The van der Waals surface area contributed by atoms with E-state index >= 15 is 0 Å². The first-order valence-corrected chi connectivity index (χ1v) is 8.26. The molecule has 1 aliphatic rings. The Hall–Kier alpha value is 1.45. The molecule has 0 unspecified atom stereocenters. The van der Waals surface area contributed by atoms with Crippen molar-refractivity contribution in [1.82, 2.24) is 0 Å². The summed E-state index contributed by atoms with van der Waals surface area (Å²) < 4.78 is 23.6. The SMILES string of the molecule is CCOP(=O)(OCC)[C-]1SCCCS1.[Li+]. The van der Waals surface area contributed by atoms with Crippen LogP contribution in [0.25, 0.3) is 0 Å². The van der Waals surface area contributed by atoms with Gasteiger partial charge in [-0.2, -0.15) is 0 Å². The van der Waals surface area contributed by atoms with E-state index in [1.165, 1.54) is 0 Å². The van der Waals surface area contributed by atoms with Crippen molar-refractivity contribution in [2.45, 2.75) is 20.3 Å². The summed E-state index contributed by atoms with van der Waals surface area (Å²) in [6.45, 7) is 4.54. The Morgan fingerprint density at radius 2 is 1.67 bits per heavy atom. The molecule has 0 aromatic rings. The molecule has 1 aliphatic heterocycles. The van der Waals surface area contributed by atoms with Gasteiger partial charge in [-0.05, 0) is 31.8 Å². The van der Waals surface area contributed by atoms with Crippen molar-refractivity contribution < 1.29 is 32.5 Å². The molecule has 0 N–H and O–H groups in total. The van der Waals surface area contributed by atoms with Crippen LogP contribution in [-0.4, -0.2) is 24.7 Å². The summed E-state index contributed by atoms with van der Waals surface area (Å²) in [5, 5.41) is 0. The van der Waals surface area contributed by atoms with Crippen LogP contribution in [0.4, 0.5) is 0 Å². The molecule has 0 bridgehead atoms. The second kappa shape index (κ2) is 8.53. The predicted octanol–water partition coefficient (Wildman–Crippen LogP) is 0.574. The molecule has 84 valence electrons. The van der Waals surface area contributed by atoms with Gasteiger partial charge in [-0.3, -0.25) is 4.57 Å². The van der Waals surface area contributed by atoms with E-state index in [-0.39, 0.29) is 18.9 Å². The van der Waals surface area contributed by atoms with Gasteiger partial charge < -0.3 is 32.6 Å². The van der Waals surface area contributed by atoms with Crippen molar-refractivity contribution in [3.8, 4) is 0 Å². The average molecular weight is 262 g/mol. The van der Waals surface area contributed by atoms with Crippen LogP contribution in [0.1, 0.15) is 20.3 Å². The minimum atomic E-state index is -2.95. The molecule has 0 amide bonds. The molecule has 1 fully saturated rings. The summed E-state index contributed by atoms with van der Waals surface area (Å²) in [5.41, 5.74) is 0. The Bertz CT molecular complexity index is 202. The first-order valence-electron chi connectivity index (χ1n) is 4.75. The molecular weight excluding hydrogens is 246 g/mol. The summed E-state index contributed by atoms with van der Waals surface area (Å²) in [4.78, 5) is 0. The smallest absolute Gasteiger partial charge is 0.330 e. The minimum Gasteiger partial charge on any atom is -0.330 e. The zero-order valence-corrected chi connectivity index (χ0v) is 12.1. The first-order chi connectivity index (χ1) is 6.73. The second-order valence-corrected chi connectivity index (χ2v) is 7.68. The van der Waals surface area contributed by atoms with Crippen molar-refractivity contribution in [3.63, 3.8) is 0 Å². The molecule has 0 radical (unpaired) electrons. The molecule has 1 heterocycles. The summed E-state index contributed by atoms with van der Waals surface area (Å²) in [6, 6.07) is 0. The fraction of sp³-hybridized carbons (Fsp3) is 0.875. The topological polar surface area (TPSA) is 35.5 Å². The van der Waals surface area contributed by atoms with E-state index in [4.69, 9.17) is 9.05 Å². The second-order valence-electron chi connectivity index (χ2n) is 2.65. The maximum atomic E-state index is 12.2. The van der Waals surface area contributed by atoms with E-state index < -0.39 is 7.60 Å². The summed E-state index contributed by atoms with van der Waals surface area (Å²) in [5.74, 6) is 2.04. The number of hydrogen-bond donors (Lipinski definition) is 0. The van der Waals surface area contributed by atoms with E-state index in [0.29, 0.717) is 13.2 Å². The summed E-state index contributed by atoms with van der Waals surface area (Å²) in [6.07, 6.45) is 1.16. The first kappa shape index (κ1) is 16.4. The molecule has 0 aliphatic carbocycles. The molecule has 1 rings (SSSR count). The zero-order chi connectivity index (χ0) is 10.4. The van der Waals surface area contributed by atoms with Gasteiger partial charge in [0.2, 0.25) is 7.60 Å². The van der Waals surface area contributed by atoms with Gasteiger partial charge in [0.1, 0.15) is 0 Å². The van der Waals surface area contributed by atoms with Crippen LogP contribution in [0, 0.1) is 4.32 Å². The molecule has 1 saturated heterocycles. The predicted molar refractivity (Wildman–Crippen MR) is 63.6 cm³/mol. The van der Waals surface area contributed by atoms with Gasteiger partial charge in [-0.25, -0.2) is 0 Å². The molecule has 0 aromatic heterocycles. The van der Waals surface area contributed by atoms with E-state index in [0.717, 1.165) is 22.2 Å². The summed E-state index contributed by atoms with van der Waals surface area (Å²) in [7, 11) is -2.95. The maximum absolute atomic E-state index is 12.2. The van der Waals surface area contributed by atoms with Crippen LogP contribution in [0.2, 0.25) is 0 Å². The van der Waals surface area contributed by atoms with Crippen LogP contribution in [0.5, 0.6) is 0 Å². The van der Waals surface area contributed by atoms with Gasteiger partial charge in [-0.1, -0.05) is 4.32 Å². The van der Waals surface area contributed by atoms with E-state index in [9.17, 15) is 4.57 Å². The van der Waals surface area contributed by atoms with Crippen LogP contribution < -0.4 is 18.9 Å². The third kappa shape index (κ3) is 5.08. The number of rotatable bonds is 5. The third-order valence-corrected chi connectivity index (χ3v) is 7.51. The Labute approximate surface area is 113 Å². The molecule has 0 saturated carbocycles. The quantitative estimate of drug-likeness (QED) is 0.411. The fourth-order valence-electron chi connectivity index (χ4n) is 1.06. The zero-order valence-electron chi connectivity index (χ0n) is 9.52. The molecule has 3 nitrogen and oxygen atoms in total. The van der Waals surface area contributed by atoms with Crippen molar-refractivity contribution in [2.24, 2.45) is 0 Å². The van der Waals surface area contributed by atoms with Crippen LogP contribution in [0.3, 0.4) is 0 Å². The fourth-order valence-corrected chi connectivity index (χ4v) is 6.41. The minimum absolute atomic E-state index is 0. The summed E-state index contributed by atoms with van der Waals surface area (Å²) >= 11 is 3.23. The van der Waals surface area contributed by atoms with Gasteiger partial charge in [0, 0.05) is 0 Å². The number of hydrogen-bond acceptors (Lipinski definition) is 5. The average Bonchev–Trinajstić information content (AvgIpc) is 2.20. The van der Waals surface area contributed by atoms with Gasteiger partial charge >= 0.3 is 18.9 Å². The van der Waals surface area contributed by atoms with Gasteiger partial charge in [0.05, 0.1) is 13.2 Å². The third-order valence-electron chi connectivity index (χ3n) is 1.56. The van der Waals surface area contributed by atoms with Gasteiger partial charge in [0.15, 0.2) is 0 Å². The van der Waals surface area contributed by atoms with E-state index in [1.54, 1.807) is 23.5 Å². The van der Waals surface area contributed by atoms with Crippen molar-refractivity contribution in [2.75, 3.05) is 24.7 Å². The molecule has 0 spiro atoms. The molecule has 7 heteroatoms. The Morgan fingerprint density at radius 1 is 1.20 bits per heavy atom. The van der Waals surface area contributed by atoms with Gasteiger partial charge in [-0.15, -0.1) is 0 Å². The van der Waals surface area contributed by atoms with E-state index in [1.807, 2.05) is 13.8 Å². The molecule has 0 atom stereocenters. The van der Waals surface area contributed by atoms with Crippen LogP contribution in [0.15, 0.2) is 0 Å². The normalized spacial score (nSPS) is 18.5. The van der Waals surface area contributed by atoms with Crippen molar-refractivity contribution in [1.29, 1.82) is 0 Å². The number of thioether (sulfide) groups is 2. The van der Waals surface area contributed by atoms with Crippen molar-refractivity contribution in [3.05, 3.63) is 4.32 Å². The molecular formula is C8H16LiO3PS2. The van der Waals surface area contributed by atoms with Gasteiger partial charge in [0.25, 0.3) is 0 Å². The maximum Gasteiger partial charge on any atom is 1.00 e. The largest absolute Gasteiger partial charge is 1.00 e. The molecule has 15 heavy (non-hydrogen) atoms. The monoisotopic (exact) mass is 262 g/mol. The van der Waals surface area contributed by atoms with E-state index in [2.05, 4.69) is 0 Å². The Kier molecular flexibility index (Phi) is 9.35. The molecule has 0 aromatic carbocycles. The standard InChI is InChI=1S/C8H16O3PS2.Li/c1-3-10-12(9,11-4-2)8-13-6-5-7-14-8;/h3-7H2,1-2H3;/q-1;+1. The van der Waals surface area contributed by atoms with Crippen LogP contribution in [-0.2, 0) is 13.6 Å². The van der Waals surface area contributed by atoms with Crippen molar-refractivity contribution >= 4 is 31.1 Å².